The van der Waals surface area contributed by atoms with Crippen LogP contribution < -0.4 is 0 Å². The predicted molar refractivity (Wildman–Crippen MR) is 135 cm³/mol. The van der Waals surface area contributed by atoms with Crippen molar-refractivity contribution in [1.29, 1.82) is 0 Å². The smallest absolute Gasteiger partial charge is 0.411 e. The summed E-state index contributed by atoms with van der Waals surface area (Å²) in [5.41, 5.74) is 2.74. The SMILES string of the molecule is CC(C)(C)OC(=O)N1[C]2CCC1CN(C(c1ccccc1)(c1ccccc1)c1ccccc1)C2. The Bertz CT molecular complexity index is 998. The Morgan fingerprint density at radius 3 is 1.68 bits per heavy atom. The van der Waals surface area contributed by atoms with Crippen molar-refractivity contribution in [2.75, 3.05) is 13.1 Å². The van der Waals surface area contributed by atoms with E-state index < -0.39 is 11.1 Å². The van der Waals surface area contributed by atoms with Crippen LogP contribution in [0.15, 0.2) is 91.0 Å². The van der Waals surface area contributed by atoms with Gasteiger partial charge in [-0.25, -0.2) is 4.79 Å². The van der Waals surface area contributed by atoms with Crippen LogP contribution in [-0.2, 0) is 10.3 Å². The molecule has 1 amide bonds. The summed E-state index contributed by atoms with van der Waals surface area (Å²) >= 11 is 0. The third-order valence-electron chi connectivity index (χ3n) is 6.92. The lowest BCUT2D eigenvalue weighted by Crippen LogP contribution is -2.60. The summed E-state index contributed by atoms with van der Waals surface area (Å²) in [4.78, 5) is 17.6. The molecule has 2 aliphatic rings. The Morgan fingerprint density at radius 2 is 1.26 bits per heavy atom. The zero-order chi connectivity index (χ0) is 23.8. The number of nitrogens with zero attached hydrogens (tertiary/aromatic N) is 2. The molecule has 175 valence electrons. The van der Waals surface area contributed by atoms with Crippen LogP contribution in [0.4, 0.5) is 4.79 Å². The number of hydrogen-bond donors (Lipinski definition) is 0. The molecule has 1 atom stereocenters. The summed E-state index contributed by atoms with van der Waals surface area (Å²) in [6, 6.07) is 33.6. The van der Waals surface area contributed by atoms with Gasteiger partial charge in [0.2, 0.25) is 0 Å². The van der Waals surface area contributed by atoms with Crippen LogP contribution >= 0.6 is 0 Å². The number of carbonyl (C=O) groups excluding carboxylic acids is 1. The number of fused-ring (bicyclic) bond motifs is 2. The maximum absolute atomic E-state index is 13.1. The Hall–Kier alpha value is -3.11. The second-order valence-electron chi connectivity index (χ2n) is 10.3. The summed E-state index contributed by atoms with van der Waals surface area (Å²) in [6.07, 6.45) is 1.68. The first-order valence-electron chi connectivity index (χ1n) is 12.2. The summed E-state index contributed by atoms with van der Waals surface area (Å²) in [7, 11) is 0. The van der Waals surface area contributed by atoms with Crippen LogP contribution in [0.5, 0.6) is 0 Å². The largest absolute Gasteiger partial charge is 0.444 e. The first-order chi connectivity index (χ1) is 16.4. The van der Waals surface area contributed by atoms with E-state index in [4.69, 9.17) is 4.74 Å². The van der Waals surface area contributed by atoms with E-state index in [1.54, 1.807) is 0 Å². The van der Waals surface area contributed by atoms with Gasteiger partial charge in [-0.3, -0.25) is 9.80 Å². The molecule has 0 N–H and O–H groups in total. The van der Waals surface area contributed by atoms with E-state index in [0.29, 0.717) is 6.54 Å². The minimum absolute atomic E-state index is 0.106. The van der Waals surface area contributed by atoms with Gasteiger partial charge in [0, 0.05) is 19.1 Å². The lowest BCUT2D eigenvalue weighted by Gasteiger charge is -2.51. The number of ether oxygens (including phenoxy) is 1. The van der Waals surface area contributed by atoms with Gasteiger partial charge in [-0.05, 0) is 50.3 Å². The van der Waals surface area contributed by atoms with Crippen molar-refractivity contribution in [3.05, 3.63) is 114 Å². The summed E-state index contributed by atoms with van der Waals surface area (Å²) in [5, 5.41) is 0. The van der Waals surface area contributed by atoms with E-state index in [2.05, 4.69) is 95.9 Å². The number of likely N-dealkylation sites (tertiary alicyclic amines) is 1. The highest BCUT2D eigenvalue weighted by atomic mass is 16.6. The average molecular weight is 454 g/mol. The quantitative estimate of drug-likeness (QED) is 0.439. The minimum atomic E-state index is -0.504. The van der Waals surface area contributed by atoms with Crippen molar-refractivity contribution in [2.24, 2.45) is 0 Å². The number of carbonyl (C=O) groups is 1. The fraction of sp³-hybridized carbons (Fsp3) is 0.333. The monoisotopic (exact) mass is 453 g/mol. The summed E-state index contributed by atoms with van der Waals surface area (Å²) < 4.78 is 5.78. The molecule has 0 aromatic heterocycles. The van der Waals surface area contributed by atoms with Gasteiger partial charge in [0.25, 0.3) is 0 Å². The first kappa shape index (κ1) is 22.7. The van der Waals surface area contributed by atoms with Gasteiger partial charge in [-0.2, -0.15) is 0 Å². The third kappa shape index (κ3) is 4.01. The van der Waals surface area contributed by atoms with Crippen molar-refractivity contribution < 1.29 is 9.53 Å². The molecule has 4 nitrogen and oxygen atoms in total. The van der Waals surface area contributed by atoms with E-state index in [-0.39, 0.29) is 12.1 Å². The molecule has 1 unspecified atom stereocenters. The Labute approximate surface area is 203 Å². The second kappa shape index (κ2) is 8.92. The topological polar surface area (TPSA) is 32.8 Å². The lowest BCUT2D eigenvalue weighted by molar-refractivity contribution is 0.00143. The second-order valence-corrected chi connectivity index (χ2v) is 10.3. The fourth-order valence-corrected chi connectivity index (χ4v) is 5.64. The molecule has 2 fully saturated rings. The van der Waals surface area contributed by atoms with Gasteiger partial charge in [-0.1, -0.05) is 91.0 Å². The highest BCUT2D eigenvalue weighted by Gasteiger charge is 2.52. The van der Waals surface area contributed by atoms with Crippen molar-refractivity contribution >= 4 is 6.09 Å². The van der Waals surface area contributed by atoms with Crippen molar-refractivity contribution in [1.82, 2.24) is 9.80 Å². The molecule has 2 aliphatic heterocycles. The Balaban J connectivity index is 1.61. The molecule has 2 saturated heterocycles. The highest BCUT2D eigenvalue weighted by Crippen LogP contribution is 2.47. The van der Waals surface area contributed by atoms with Crippen LogP contribution in [0.1, 0.15) is 50.3 Å². The minimum Gasteiger partial charge on any atom is -0.444 e. The molecule has 2 bridgehead atoms. The van der Waals surface area contributed by atoms with E-state index in [9.17, 15) is 4.79 Å². The Kier molecular flexibility index (Phi) is 5.95. The standard InChI is InChI=1S/C30H33N2O2/c1-29(2,3)34-28(33)32-26-19-20-27(32)22-31(21-26)30(23-13-7-4-8-14-23,24-15-9-5-10-16-24)25-17-11-6-12-18-25/h4-18,26H,19-22H2,1-3H3. The van der Waals surface area contributed by atoms with Crippen molar-refractivity contribution in [3.63, 3.8) is 0 Å². The van der Waals surface area contributed by atoms with Gasteiger partial charge >= 0.3 is 6.09 Å². The molecule has 4 heteroatoms. The predicted octanol–water partition coefficient (Wildman–Crippen LogP) is 6.23. The number of hydrogen-bond acceptors (Lipinski definition) is 3. The van der Waals surface area contributed by atoms with E-state index in [0.717, 1.165) is 25.4 Å². The van der Waals surface area contributed by atoms with Gasteiger partial charge in [0.15, 0.2) is 0 Å². The fourth-order valence-electron chi connectivity index (χ4n) is 5.64. The molecule has 34 heavy (non-hydrogen) atoms. The summed E-state index contributed by atoms with van der Waals surface area (Å²) in [5.74, 6) is 0. The van der Waals surface area contributed by atoms with Gasteiger partial charge in [-0.15, -0.1) is 0 Å². The van der Waals surface area contributed by atoms with Crippen LogP contribution in [0, 0.1) is 6.04 Å². The van der Waals surface area contributed by atoms with Crippen molar-refractivity contribution in [3.8, 4) is 0 Å². The third-order valence-corrected chi connectivity index (χ3v) is 6.92. The van der Waals surface area contributed by atoms with Crippen molar-refractivity contribution in [2.45, 2.75) is 50.8 Å². The molecule has 0 saturated carbocycles. The molecule has 0 spiro atoms. The molecular weight excluding hydrogens is 420 g/mol. The summed E-state index contributed by atoms with van der Waals surface area (Å²) in [6.45, 7) is 7.28. The molecule has 5 rings (SSSR count). The molecule has 1 radical (unpaired) electrons. The zero-order valence-electron chi connectivity index (χ0n) is 20.3. The number of amides is 1. The Morgan fingerprint density at radius 1 is 0.794 bits per heavy atom. The van der Waals surface area contributed by atoms with E-state index in [1.165, 1.54) is 16.7 Å². The van der Waals surface area contributed by atoms with Crippen LogP contribution in [-0.4, -0.2) is 40.6 Å². The van der Waals surface area contributed by atoms with Crippen LogP contribution in [0.25, 0.3) is 0 Å². The number of rotatable bonds is 4. The normalized spacial score (nSPS) is 19.3. The first-order valence-corrected chi connectivity index (χ1v) is 12.2. The highest BCUT2D eigenvalue weighted by molar-refractivity contribution is 5.71. The van der Waals surface area contributed by atoms with Gasteiger partial charge in [0.05, 0.1) is 11.6 Å². The van der Waals surface area contributed by atoms with E-state index >= 15 is 0 Å². The number of benzene rings is 3. The zero-order valence-corrected chi connectivity index (χ0v) is 20.3. The molecule has 3 aromatic carbocycles. The maximum atomic E-state index is 13.1. The molecule has 3 aromatic rings. The average Bonchev–Trinajstić information content (AvgIpc) is 3.11. The number of piperazine rings is 1. The maximum Gasteiger partial charge on any atom is 0.411 e. The van der Waals surface area contributed by atoms with Crippen LogP contribution in [0.3, 0.4) is 0 Å². The lowest BCUT2D eigenvalue weighted by atomic mass is 9.75. The molecule has 0 aliphatic carbocycles. The van der Waals surface area contributed by atoms with Crippen LogP contribution in [0.2, 0.25) is 0 Å². The molecule has 2 heterocycles. The van der Waals surface area contributed by atoms with Gasteiger partial charge in [0.1, 0.15) is 5.60 Å². The van der Waals surface area contributed by atoms with Gasteiger partial charge < -0.3 is 4.74 Å². The van der Waals surface area contributed by atoms with E-state index in [1.807, 2.05) is 25.7 Å². The molecular formula is C30H33N2O2.